The first-order chi connectivity index (χ1) is 18.0. The van der Waals surface area contributed by atoms with Gasteiger partial charge < -0.3 is 25.1 Å². The van der Waals surface area contributed by atoms with Crippen LogP contribution in [0.25, 0.3) is 10.9 Å². The van der Waals surface area contributed by atoms with E-state index >= 15 is 0 Å². The number of H-pyrrole nitrogens is 1. The number of anilines is 1. The highest BCUT2D eigenvalue weighted by Crippen LogP contribution is 2.35. The fourth-order valence-corrected chi connectivity index (χ4v) is 4.79. The number of carbonyl (C=O) groups is 2. The van der Waals surface area contributed by atoms with E-state index in [1.165, 1.54) is 7.11 Å². The molecule has 3 N–H and O–H groups in total. The Labute approximate surface area is 214 Å². The number of aromatic nitrogens is 3. The smallest absolute Gasteiger partial charge is 0.250 e. The number of aromatic amines is 1. The van der Waals surface area contributed by atoms with Crippen molar-refractivity contribution in [1.82, 2.24) is 20.5 Å². The van der Waals surface area contributed by atoms with Crippen LogP contribution in [-0.4, -0.2) is 39.6 Å². The highest BCUT2D eigenvalue weighted by Gasteiger charge is 2.42. The number of aryl methyl sites for hydroxylation is 1. The quantitative estimate of drug-likeness (QED) is 0.324. The standard InChI is InChI=1S/C28H29N5O4/c1-18-9-12-26(33-32-18)37-24-16-20(10-11-23(24)36-2)30-27(35)28(13-5-6-14-28)31-25(34)15-19-17-29-22-8-4-3-7-21(19)22/h3-4,7-12,16-17,29H,5-6,13-15H2,1-2H3,(H,30,35)(H,31,34). The van der Waals surface area contributed by atoms with Gasteiger partial charge in [0.25, 0.3) is 0 Å². The summed E-state index contributed by atoms with van der Waals surface area (Å²) in [5.74, 6) is 0.761. The maximum Gasteiger partial charge on any atom is 0.250 e. The van der Waals surface area contributed by atoms with Crippen molar-refractivity contribution in [3.8, 4) is 17.4 Å². The van der Waals surface area contributed by atoms with Crippen LogP contribution < -0.4 is 20.1 Å². The molecule has 1 saturated carbocycles. The summed E-state index contributed by atoms with van der Waals surface area (Å²) in [6, 6.07) is 16.5. The van der Waals surface area contributed by atoms with Crippen LogP contribution >= 0.6 is 0 Å². The number of ether oxygens (including phenoxy) is 2. The third kappa shape index (κ3) is 5.25. The van der Waals surface area contributed by atoms with Gasteiger partial charge in [-0.05, 0) is 49.6 Å². The third-order valence-corrected chi connectivity index (χ3v) is 6.71. The van der Waals surface area contributed by atoms with Crippen LogP contribution in [-0.2, 0) is 16.0 Å². The Hall–Kier alpha value is -4.40. The zero-order chi connectivity index (χ0) is 25.8. The van der Waals surface area contributed by atoms with Crippen molar-refractivity contribution in [1.29, 1.82) is 0 Å². The number of hydrogen-bond donors (Lipinski definition) is 3. The van der Waals surface area contributed by atoms with Crippen molar-refractivity contribution in [3.63, 3.8) is 0 Å². The second-order valence-electron chi connectivity index (χ2n) is 9.31. The number of nitrogens with zero attached hydrogens (tertiary/aromatic N) is 2. The summed E-state index contributed by atoms with van der Waals surface area (Å²) in [5, 5.41) is 15.1. The zero-order valence-electron chi connectivity index (χ0n) is 20.8. The lowest BCUT2D eigenvalue weighted by atomic mass is 9.95. The van der Waals surface area contributed by atoms with Crippen LogP contribution in [0.15, 0.2) is 60.8 Å². The van der Waals surface area contributed by atoms with Gasteiger partial charge in [-0.25, -0.2) is 0 Å². The van der Waals surface area contributed by atoms with E-state index < -0.39 is 5.54 Å². The molecule has 1 fully saturated rings. The van der Waals surface area contributed by atoms with Gasteiger partial charge in [0.05, 0.1) is 19.2 Å². The Morgan fingerprint density at radius 3 is 2.59 bits per heavy atom. The first kappa shape index (κ1) is 24.3. The Morgan fingerprint density at radius 2 is 1.84 bits per heavy atom. The second kappa shape index (κ2) is 10.3. The van der Waals surface area contributed by atoms with Crippen LogP contribution in [0.4, 0.5) is 5.69 Å². The number of amides is 2. The van der Waals surface area contributed by atoms with Gasteiger partial charge in [-0.2, -0.15) is 5.10 Å². The average molecular weight is 500 g/mol. The van der Waals surface area contributed by atoms with Gasteiger partial charge in [-0.3, -0.25) is 9.59 Å². The lowest BCUT2D eigenvalue weighted by Gasteiger charge is -2.29. The molecule has 2 aromatic carbocycles. The number of methoxy groups -OCH3 is 1. The molecule has 0 spiro atoms. The monoisotopic (exact) mass is 499 g/mol. The van der Waals surface area contributed by atoms with Crippen LogP contribution in [0.2, 0.25) is 0 Å². The summed E-state index contributed by atoms with van der Waals surface area (Å²) in [5.41, 5.74) is 2.21. The van der Waals surface area contributed by atoms with E-state index in [9.17, 15) is 9.59 Å². The minimum absolute atomic E-state index is 0.182. The molecule has 2 amide bonds. The molecule has 9 heteroatoms. The molecule has 37 heavy (non-hydrogen) atoms. The first-order valence-electron chi connectivity index (χ1n) is 12.3. The highest BCUT2D eigenvalue weighted by molar-refractivity contribution is 6.01. The molecule has 190 valence electrons. The minimum atomic E-state index is -0.966. The predicted octanol–water partition coefficient (Wildman–Crippen LogP) is 4.68. The number of benzene rings is 2. The molecule has 1 aliphatic rings. The van der Waals surface area contributed by atoms with Crippen molar-refractivity contribution < 1.29 is 19.1 Å². The van der Waals surface area contributed by atoms with E-state index in [4.69, 9.17) is 9.47 Å². The summed E-state index contributed by atoms with van der Waals surface area (Å²) in [6.45, 7) is 1.84. The van der Waals surface area contributed by atoms with E-state index in [2.05, 4.69) is 25.8 Å². The van der Waals surface area contributed by atoms with Crippen molar-refractivity contribution in [2.75, 3.05) is 12.4 Å². The molecular weight excluding hydrogens is 470 g/mol. The van der Waals surface area contributed by atoms with Crippen molar-refractivity contribution >= 4 is 28.4 Å². The van der Waals surface area contributed by atoms with Crippen molar-refractivity contribution in [3.05, 3.63) is 72.1 Å². The Kier molecular flexibility index (Phi) is 6.76. The predicted molar refractivity (Wildman–Crippen MR) is 140 cm³/mol. The third-order valence-electron chi connectivity index (χ3n) is 6.71. The van der Waals surface area contributed by atoms with Gasteiger partial charge in [-0.15, -0.1) is 5.10 Å². The molecule has 1 aliphatic carbocycles. The number of carbonyl (C=O) groups excluding carboxylic acids is 2. The molecule has 4 aromatic rings. The molecule has 0 bridgehead atoms. The van der Waals surface area contributed by atoms with Gasteiger partial charge >= 0.3 is 0 Å². The van der Waals surface area contributed by atoms with E-state index in [1.807, 2.05) is 37.4 Å². The molecular formula is C28H29N5O4. The molecule has 0 atom stereocenters. The zero-order valence-corrected chi connectivity index (χ0v) is 20.8. The molecule has 0 saturated heterocycles. The van der Waals surface area contributed by atoms with Crippen molar-refractivity contribution in [2.45, 2.75) is 44.6 Å². The summed E-state index contributed by atoms with van der Waals surface area (Å²) < 4.78 is 11.3. The van der Waals surface area contributed by atoms with Gasteiger partial charge in [0.15, 0.2) is 11.5 Å². The number of rotatable bonds is 8. The van der Waals surface area contributed by atoms with Crippen LogP contribution in [0.3, 0.4) is 0 Å². The lowest BCUT2D eigenvalue weighted by Crippen LogP contribution is -2.55. The summed E-state index contributed by atoms with van der Waals surface area (Å²) >= 11 is 0. The van der Waals surface area contributed by atoms with Gasteiger partial charge in [0.1, 0.15) is 5.54 Å². The Bertz CT molecular complexity index is 1420. The maximum atomic E-state index is 13.5. The Morgan fingerprint density at radius 1 is 1.03 bits per heavy atom. The highest BCUT2D eigenvalue weighted by atomic mass is 16.5. The molecule has 5 rings (SSSR count). The molecule has 9 nitrogen and oxygen atoms in total. The molecule has 2 aromatic heterocycles. The molecule has 2 heterocycles. The molecule has 0 radical (unpaired) electrons. The summed E-state index contributed by atoms with van der Waals surface area (Å²) in [4.78, 5) is 29.8. The number of fused-ring (bicyclic) bond motifs is 1. The second-order valence-corrected chi connectivity index (χ2v) is 9.31. The topological polar surface area (TPSA) is 118 Å². The van der Waals surface area contributed by atoms with Gasteiger partial charge in [0, 0.05) is 34.9 Å². The maximum absolute atomic E-state index is 13.5. The van der Waals surface area contributed by atoms with Gasteiger partial charge in [-0.1, -0.05) is 31.0 Å². The van der Waals surface area contributed by atoms with E-state index in [0.29, 0.717) is 35.9 Å². The number of para-hydroxylation sites is 1. The number of nitrogens with one attached hydrogen (secondary N) is 3. The minimum Gasteiger partial charge on any atom is -0.493 e. The van der Waals surface area contributed by atoms with Crippen molar-refractivity contribution in [2.24, 2.45) is 0 Å². The Balaban J connectivity index is 1.31. The molecule has 0 unspecified atom stereocenters. The molecule has 0 aliphatic heterocycles. The van der Waals surface area contributed by atoms with E-state index in [1.54, 1.807) is 30.3 Å². The fraction of sp³-hybridized carbons (Fsp3) is 0.286. The van der Waals surface area contributed by atoms with Crippen LogP contribution in [0.1, 0.15) is 36.9 Å². The summed E-state index contributed by atoms with van der Waals surface area (Å²) in [7, 11) is 1.54. The van der Waals surface area contributed by atoms with E-state index in [-0.39, 0.29) is 18.2 Å². The van der Waals surface area contributed by atoms with Gasteiger partial charge in [0.2, 0.25) is 17.7 Å². The summed E-state index contributed by atoms with van der Waals surface area (Å²) in [6.07, 6.45) is 4.93. The van der Waals surface area contributed by atoms with E-state index in [0.717, 1.165) is 35.0 Å². The lowest BCUT2D eigenvalue weighted by molar-refractivity contribution is -0.130. The fourth-order valence-electron chi connectivity index (χ4n) is 4.79. The first-order valence-corrected chi connectivity index (χ1v) is 12.3. The largest absolute Gasteiger partial charge is 0.493 e. The normalized spacial score (nSPS) is 14.3. The van der Waals surface area contributed by atoms with Crippen LogP contribution in [0.5, 0.6) is 17.4 Å². The average Bonchev–Trinajstić information content (AvgIpc) is 3.54. The number of hydrogen-bond acceptors (Lipinski definition) is 6. The SMILES string of the molecule is COc1ccc(NC(=O)C2(NC(=O)Cc3c[nH]c4ccccc34)CCCC2)cc1Oc1ccc(C)nn1. The van der Waals surface area contributed by atoms with Crippen LogP contribution in [0, 0.1) is 6.92 Å².